The maximum atomic E-state index is 8.81. The summed E-state index contributed by atoms with van der Waals surface area (Å²) in [5.41, 5.74) is 0. The first-order valence-electron chi connectivity index (χ1n) is 4.73. The Kier molecular flexibility index (Phi) is 3.96. The Bertz CT molecular complexity index is 193. The van der Waals surface area contributed by atoms with Crippen LogP contribution in [0, 0.1) is 5.92 Å². The van der Waals surface area contributed by atoms with Gasteiger partial charge >= 0.3 is 0 Å². The molecule has 0 amide bonds. The summed E-state index contributed by atoms with van der Waals surface area (Å²) < 4.78 is 0. The third-order valence-corrected chi connectivity index (χ3v) is 2.35. The highest BCUT2D eigenvalue weighted by atomic mass is 16.3. The Balaban J connectivity index is 2.22. The summed E-state index contributed by atoms with van der Waals surface area (Å²) in [4.78, 5) is 6.46. The van der Waals surface area contributed by atoms with Gasteiger partial charge in [-0.15, -0.1) is 0 Å². The van der Waals surface area contributed by atoms with E-state index in [0.29, 0.717) is 12.5 Å². The molecule has 1 fully saturated rings. The molecule has 74 valence electrons. The third-order valence-electron chi connectivity index (χ3n) is 2.35. The van der Waals surface area contributed by atoms with Crippen LogP contribution in [0.2, 0.25) is 0 Å². The molecule has 0 atom stereocenters. The minimum Gasteiger partial charge on any atom is -0.511 e. The van der Waals surface area contributed by atoms with Gasteiger partial charge in [0.25, 0.3) is 0 Å². The quantitative estimate of drug-likeness (QED) is 0.530. The molecule has 0 spiro atoms. The molecule has 1 aliphatic heterocycles. The lowest BCUT2D eigenvalue weighted by molar-refractivity contribution is 0.254. The first-order chi connectivity index (χ1) is 6.18. The van der Waals surface area contributed by atoms with E-state index >= 15 is 0 Å². The third kappa shape index (κ3) is 4.08. The average Bonchev–Trinajstić information content (AvgIpc) is 2.08. The van der Waals surface area contributed by atoms with Gasteiger partial charge in [-0.1, -0.05) is 6.58 Å². The fourth-order valence-electron chi connectivity index (χ4n) is 1.48. The summed E-state index contributed by atoms with van der Waals surface area (Å²) >= 11 is 0. The molecule has 1 rings (SSSR count). The predicted molar refractivity (Wildman–Crippen MR) is 55.3 cm³/mol. The molecule has 3 heteroatoms. The van der Waals surface area contributed by atoms with Crippen molar-refractivity contribution in [3.8, 4) is 0 Å². The highest BCUT2D eigenvalue weighted by molar-refractivity contribution is 5.61. The number of hydrogen-bond donors (Lipinski definition) is 1. The number of hydrogen-bond acceptors (Lipinski definition) is 3. The maximum Gasteiger partial charge on any atom is 0.106 e. The van der Waals surface area contributed by atoms with E-state index in [1.807, 2.05) is 6.21 Å². The minimum absolute atomic E-state index is 0.143. The summed E-state index contributed by atoms with van der Waals surface area (Å²) in [6, 6.07) is 0. The van der Waals surface area contributed by atoms with Crippen LogP contribution in [0.4, 0.5) is 0 Å². The van der Waals surface area contributed by atoms with Gasteiger partial charge in [0.1, 0.15) is 5.76 Å². The molecule has 0 aromatic heterocycles. The van der Waals surface area contributed by atoms with Crippen molar-refractivity contribution in [1.82, 2.24) is 4.90 Å². The monoisotopic (exact) mass is 182 g/mol. The van der Waals surface area contributed by atoms with E-state index in [0.717, 1.165) is 13.1 Å². The van der Waals surface area contributed by atoms with E-state index in [4.69, 9.17) is 5.11 Å². The molecular formula is C10H18N2O. The minimum atomic E-state index is 0.143. The first-order valence-corrected chi connectivity index (χ1v) is 4.73. The number of aliphatic imine (C=N–C) groups is 1. The number of nitrogens with zero attached hydrogens (tertiary/aromatic N) is 2. The molecule has 3 nitrogen and oxygen atoms in total. The van der Waals surface area contributed by atoms with Crippen molar-refractivity contribution >= 4 is 6.21 Å². The van der Waals surface area contributed by atoms with Crippen LogP contribution in [-0.2, 0) is 0 Å². The van der Waals surface area contributed by atoms with Gasteiger partial charge in [0, 0.05) is 6.21 Å². The molecular weight excluding hydrogens is 164 g/mol. The van der Waals surface area contributed by atoms with E-state index in [9.17, 15) is 0 Å². The van der Waals surface area contributed by atoms with Crippen LogP contribution in [0.5, 0.6) is 0 Å². The lowest BCUT2D eigenvalue weighted by atomic mass is 9.99. The van der Waals surface area contributed by atoms with Gasteiger partial charge < -0.3 is 10.0 Å². The lowest BCUT2D eigenvalue weighted by Crippen LogP contribution is -2.30. The maximum absolute atomic E-state index is 8.81. The van der Waals surface area contributed by atoms with Crippen LogP contribution >= 0.6 is 0 Å². The number of piperidine rings is 1. The predicted octanol–water partition coefficient (Wildman–Crippen LogP) is 1.47. The van der Waals surface area contributed by atoms with Crippen LogP contribution in [-0.4, -0.2) is 42.9 Å². The van der Waals surface area contributed by atoms with Gasteiger partial charge in [-0.2, -0.15) is 0 Å². The summed E-state index contributed by atoms with van der Waals surface area (Å²) in [6.45, 7) is 6.04. The van der Waals surface area contributed by atoms with Crippen LogP contribution in [0.3, 0.4) is 0 Å². The fraction of sp³-hybridized carbons (Fsp3) is 0.700. The zero-order valence-electron chi connectivity index (χ0n) is 8.24. The summed E-state index contributed by atoms with van der Waals surface area (Å²) in [7, 11) is 2.14. The van der Waals surface area contributed by atoms with Crippen molar-refractivity contribution < 1.29 is 5.11 Å². The summed E-state index contributed by atoms with van der Waals surface area (Å²) in [5.74, 6) is 0.736. The molecule has 13 heavy (non-hydrogen) atoms. The van der Waals surface area contributed by atoms with E-state index < -0.39 is 0 Å². The molecule has 0 aromatic carbocycles. The second-order valence-corrected chi connectivity index (χ2v) is 3.70. The Hall–Kier alpha value is -0.830. The van der Waals surface area contributed by atoms with E-state index in [-0.39, 0.29) is 5.76 Å². The number of rotatable bonds is 3. The zero-order valence-corrected chi connectivity index (χ0v) is 8.24. The van der Waals surface area contributed by atoms with Gasteiger partial charge in [-0.25, -0.2) is 0 Å². The molecule has 1 saturated heterocycles. The smallest absolute Gasteiger partial charge is 0.106 e. The van der Waals surface area contributed by atoms with Crippen molar-refractivity contribution in [2.75, 3.05) is 26.7 Å². The Morgan fingerprint density at radius 3 is 2.77 bits per heavy atom. The van der Waals surface area contributed by atoms with Crippen LogP contribution < -0.4 is 0 Å². The van der Waals surface area contributed by atoms with E-state index in [2.05, 4.69) is 23.5 Å². The molecule has 1 N–H and O–H groups in total. The highest BCUT2D eigenvalue weighted by Crippen LogP contribution is 2.13. The van der Waals surface area contributed by atoms with Crippen molar-refractivity contribution in [2.45, 2.75) is 12.8 Å². The molecule has 0 aliphatic carbocycles. The Labute approximate surface area is 79.8 Å². The summed E-state index contributed by atoms with van der Waals surface area (Å²) in [5, 5.41) is 8.81. The number of aliphatic hydroxyl groups excluding tert-OH is 1. The van der Waals surface area contributed by atoms with Crippen molar-refractivity contribution in [1.29, 1.82) is 0 Å². The van der Waals surface area contributed by atoms with Crippen molar-refractivity contribution in [3.05, 3.63) is 12.3 Å². The van der Waals surface area contributed by atoms with Crippen molar-refractivity contribution in [3.63, 3.8) is 0 Å². The number of aliphatic hydroxyl groups is 1. The highest BCUT2D eigenvalue weighted by Gasteiger charge is 2.13. The van der Waals surface area contributed by atoms with Crippen LogP contribution in [0.15, 0.2) is 17.3 Å². The van der Waals surface area contributed by atoms with Crippen molar-refractivity contribution in [2.24, 2.45) is 10.9 Å². The average molecular weight is 182 g/mol. The molecule has 0 saturated carbocycles. The number of likely N-dealkylation sites (tertiary alicyclic amines) is 1. The van der Waals surface area contributed by atoms with E-state index in [1.165, 1.54) is 12.8 Å². The second-order valence-electron chi connectivity index (χ2n) is 3.70. The van der Waals surface area contributed by atoms with Gasteiger partial charge in [0.15, 0.2) is 0 Å². The SMILES string of the molecule is C=C(O)CN=CC1CCN(C)CC1. The fourth-order valence-corrected chi connectivity index (χ4v) is 1.48. The molecule has 0 aromatic rings. The molecule has 0 radical (unpaired) electrons. The summed E-state index contributed by atoms with van der Waals surface area (Å²) in [6.07, 6.45) is 4.32. The molecule has 0 bridgehead atoms. The molecule has 1 heterocycles. The largest absolute Gasteiger partial charge is 0.511 e. The lowest BCUT2D eigenvalue weighted by Gasteiger charge is -2.26. The van der Waals surface area contributed by atoms with Gasteiger partial charge in [-0.3, -0.25) is 4.99 Å². The zero-order chi connectivity index (χ0) is 9.68. The Morgan fingerprint density at radius 2 is 2.23 bits per heavy atom. The van der Waals surface area contributed by atoms with Gasteiger partial charge in [-0.05, 0) is 38.9 Å². The second kappa shape index (κ2) is 5.02. The standard InChI is InChI=1S/C10H18N2O/c1-9(13)7-11-8-10-3-5-12(2)6-4-10/h8,10,13H,1,3-7H2,2H3. The normalized spacial score (nSPS) is 21.0. The van der Waals surface area contributed by atoms with Gasteiger partial charge in [0.05, 0.1) is 6.54 Å². The first kappa shape index (κ1) is 10.3. The van der Waals surface area contributed by atoms with Crippen LogP contribution in [0.25, 0.3) is 0 Å². The molecule has 1 aliphatic rings. The van der Waals surface area contributed by atoms with E-state index in [1.54, 1.807) is 0 Å². The van der Waals surface area contributed by atoms with Gasteiger partial charge in [0.2, 0.25) is 0 Å². The topological polar surface area (TPSA) is 35.8 Å². The molecule has 0 unspecified atom stereocenters. The Morgan fingerprint density at radius 1 is 1.62 bits per heavy atom. The van der Waals surface area contributed by atoms with Crippen LogP contribution in [0.1, 0.15) is 12.8 Å².